The number of esters is 2. The number of rotatable bonds is 4. The molecule has 8 heteroatoms. The second kappa shape index (κ2) is 7.97. The molecule has 29 heavy (non-hydrogen) atoms. The number of hydrogen-bond donors (Lipinski definition) is 1. The average molecular weight is 415 g/mol. The number of aromatic nitrogens is 2. The summed E-state index contributed by atoms with van der Waals surface area (Å²) in [5.41, 5.74) is 1.78. The topological polar surface area (TPSA) is 90.6 Å². The van der Waals surface area contributed by atoms with Crippen molar-refractivity contribution in [3.8, 4) is 22.7 Å². The minimum absolute atomic E-state index is 0.0676. The Morgan fingerprint density at radius 3 is 2.28 bits per heavy atom. The van der Waals surface area contributed by atoms with Crippen LogP contribution in [0.4, 0.5) is 0 Å². The van der Waals surface area contributed by atoms with Crippen LogP contribution >= 0.6 is 11.6 Å². The Hall–Kier alpha value is -3.32. The van der Waals surface area contributed by atoms with Gasteiger partial charge in [-0.3, -0.25) is 0 Å². The summed E-state index contributed by atoms with van der Waals surface area (Å²) in [4.78, 5) is 25.3. The first-order valence-corrected chi connectivity index (χ1v) is 9.03. The SMILES string of the molecule is COC(=O)c1c(-c2c(O)cc(C)c(Cl)c2C)nn(-c2ccccc2)c1C(=O)OC. The number of aryl methyl sites for hydroxylation is 1. The Bertz CT molecular complexity index is 1110. The van der Waals surface area contributed by atoms with Crippen LogP contribution in [0.15, 0.2) is 36.4 Å². The Morgan fingerprint density at radius 1 is 1.07 bits per heavy atom. The number of carbonyl (C=O) groups is 2. The summed E-state index contributed by atoms with van der Waals surface area (Å²) >= 11 is 6.37. The van der Waals surface area contributed by atoms with Crippen LogP contribution in [0.1, 0.15) is 32.0 Å². The van der Waals surface area contributed by atoms with Crippen LogP contribution in [0.3, 0.4) is 0 Å². The van der Waals surface area contributed by atoms with E-state index in [1.165, 1.54) is 25.0 Å². The zero-order valence-corrected chi connectivity index (χ0v) is 17.1. The Labute approximate surface area is 172 Å². The minimum Gasteiger partial charge on any atom is -0.507 e. The molecular formula is C21H19ClN2O5. The highest BCUT2D eigenvalue weighted by Crippen LogP contribution is 2.40. The van der Waals surface area contributed by atoms with E-state index in [4.69, 9.17) is 21.1 Å². The summed E-state index contributed by atoms with van der Waals surface area (Å²) in [6.07, 6.45) is 0. The number of benzene rings is 2. The second-order valence-electron chi connectivity index (χ2n) is 6.33. The highest BCUT2D eigenvalue weighted by atomic mass is 35.5. The summed E-state index contributed by atoms with van der Waals surface area (Å²) in [6.45, 7) is 3.45. The van der Waals surface area contributed by atoms with Crippen molar-refractivity contribution < 1.29 is 24.2 Å². The molecule has 1 N–H and O–H groups in total. The van der Waals surface area contributed by atoms with Crippen molar-refractivity contribution in [1.29, 1.82) is 0 Å². The molecule has 0 saturated carbocycles. The number of phenols is 1. The van der Waals surface area contributed by atoms with Crippen LogP contribution in [-0.2, 0) is 9.47 Å². The third-order valence-corrected chi connectivity index (χ3v) is 5.13. The van der Waals surface area contributed by atoms with Crippen molar-refractivity contribution in [1.82, 2.24) is 9.78 Å². The van der Waals surface area contributed by atoms with Gasteiger partial charge in [0.1, 0.15) is 17.0 Å². The zero-order chi connectivity index (χ0) is 21.3. The maximum atomic E-state index is 12.7. The van der Waals surface area contributed by atoms with Crippen molar-refractivity contribution in [2.24, 2.45) is 0 Å². The van der Waals surface area contributed by atoms with Gasteiger partial charge in [0, 0.05) is 10.6 Å². The van der Waals surface area contributed by atoms with Gasteiger partial charge >= 0.3 is 11.9 Å². The lowest BCUT2D eigenvalue weighted by molar-refractivity contribution is 0.0549. The highest BCUT2D eigenvalue weighted by molar-refractivity contribution is 6.32. The first-order chi connectivity index (χ1) is 13.8. The predicted octanol–water partition coefficient (Wildman–Crippen LogP) is 4.09. The summed E-state index contributed by atoms with van der Waals surface area (Å²) in [5.74, 6) is -1.69. The van der Waals surface area contributed by atoms with E-state index in [1.54, 1.807) is 38.1 Å². The van der Waals surface area contributed by atoms with E-state index in [-0.39, 0.29) is 28.3 Å². The number of ether oxygens (including phenoxy) is 2. The number of aromatic hydroxyl groups is 1. The van der Waals surface area contributed by atoms with Crippen molar-refractivity contribution >= 4 is 23.5 Å². The highest BCUT2D eigenvalue weighted by Gasteiger charge is 2.33. The quantitative estimate of drug-likeness (QED) is 0.646. The first kappa shape index (κ1) is 20.4. The van der Waals surface area contributed by atoms with E-state index >= 15 is 0 Å². The average Bonchev–Trinajstić information content (AvgIpc) is 3.11. The molecule has 0 aliphatic heterocycles. The maximum Gasteiger partial charge on any atom is 0.357 e. The fraction of sp³-hybridized carbons (Fsp3) is 0.190. The lowest BCUT2D eigenvalue weighted by Gasteiger charge is -2.12. The number of hydrogen-bond acceptors (Lipinski definition) is 6. The lowest BCUT2D eigenvalue weighted by Crippen LogP contribution is -2.15. The van der Waals surface area contributed by atoms with E-state index in [2.05, 4.69) is 5.10 Å². The van der Waals surface area contributed by atoms with Gasteiger partial charge in [-0.2, -0.15) is 5.10 Å². The van der Waals surface area contributed by atoms with Crippen LogP contribution in [0.25, 0.3) is 16.9 Å². The van der Waals surface area contributed by atoms with Gasteiger partial charge < -0.3 is 14.6 Å². The van der Waals surface area contributed by atoms with E-state index in [9.17, 15) is 14.7 Å². The molecule has 2 aromatic carbocycles. The van der Waals surface area contributed by atoms with E-state index < -0.39 is 11.9 Å². The van der Waals surface area contributed by atoms with E-state index in [1.807, 2.05) is 6.07 Å². The van der Waals surface area contributed by atoms with Crippen LogP contribution in [0.2, 0.25) is 5.02 Å². The van der Waals surface area contributed by atoms with Gasteiger partial charge in [-0.25, -0.2) is 14.3 Å². The van der Waals surface area contributed by atoms with Gasteiger partial charge in [-0.15, -0.1) is 0 Å². The summed E-state index contributed by atoms with van der Waals surface area (Å²) in [7, 11) is 2.40. The van der Waals surface area contributed by atoms with Crippen molar-refractivity contribution in [2.45, 2.75) is 13.8 Å². The minimum atomic E-state index is -0.793. The molecule has 150 valence electrons. The molecule has 0 atom stereocenters. The molecule has 0 amide bonds. The fourth-order valence-corrected chi connectivity index (χ4v) is 3.32. The molecule has 0 fully saturated rings. The van der Waals surface area contributed by atoms with Gasteiger partial charge in [0.2, 0.25) is 0 Å². The van der Waals surface area contributed by atoms with Crippen LogP contribution < -0.4 is 0 Å². The number of phenolic OH excluding ortho intramolecular Hbond substituents is 1. The molecule has 7 nitrogen and oxygen atoms in total. The fourth-order valence-electron chi connectivity index (χ4n) is 3.17. The smallest absolute Gasteiger partial charge is 0.357 e. The van der Waals surface area contributed by atoms with Crippen LogP contribution in [0.5, 0.6) is 5.75 Å². The molecule has 0 bridgehead atoms. The van der Waals surface area contributed by atoms with Crippen LogP contribution in [-0.4, -0.2) is 41.0 Å². The van der Waals surface area contributed by atoms with Gasteiger partial charge in [0.15, 0.2) is 5.69 Å². The summed E-state index contributed by atoms with van der Waals surface area (Å²) < 4.78 is 11.1. The normalized spacial score (nSPS) is 10.7. The molecule has 0 aliphatic rings. The molecular weight excluding hydrogens is 396 g/mol. The molecule has 3 aromatic rings. The molecule has 0 radical (unpaired) electrons. The molecule has 0 saturated heterocycles. The molecule has 1 aromatic heterocycles. The Balaban J connectivity index is 2.46. The van der Waals surface area contributed by atoms with E-state index in [0.29, 0.717) is 21.8 Å². The molecule has 1 heterocycles. The first-order valence-electron chi connectivity index (χ1n) is 8.65. The van der Waals surface area contributed by atoms with Crippen molar-refractivity contribution in [2.75, 3.05) is 14.2 Å². The van der Waals surface area contributed by atoms with Gasteiger partial charge in [0.25, 0.3) is 0 Å². The molecule has 3 rings (SSSR count). The third-order valence-electron chi connectivity index (χ3n) is 4.55. The van der Waals surface area contributed by atoms with Crippen molar-refractivity contribution in [3.05, 3.63) is 63.8 Å². The standard InChI is InChI=1S/C21H19ClN2O5/c1-11-10-14(25)15(12(2)17(11)22)18-16(20(26)28-3)19(21(27)29-4)24(23-18)13-8-6-5-7-9-13/h5-10,25H,1-4H3. The lowest BCUT2D eigenvalue weighted by atomic mass is 9.98. The number of halogens is 1. The Morgan fingerprint density at radius 2 is 1.69 bits per heavy atom. The Kier molecular flexibility index (Phi) is 5.61. The van der Waals surface area contributed by atoms with Gasteiger partial charge in [0.05, 0.1) is 19.9 Å². The predicted molar refractivity (Wildman–Crippen MR) is 108 cm³/mol. The largest absolute Gasteiger partial charge is 0.507 e. The number of para-hydroxylation sites is 1. The number of methoxy groups -OCH3 is 2. The molecule has 0 aliphatic carbocycles. The van der Waals surface area contributed by atoms with Crippen molar-refractivity contribution in [3.63, 3.8) is 0 Å². The molecule has 0 unspecified atom stereocenters. The monoisotopic (exact) mass is 414 g/mol. The second-order valence-corrected chi connectivity index (χ2v) is 6.71. The van der Waals surface area contributed by atoms with Gasteiger partial charge in [-0.05, 0) is 43.2 Å². The molecule has 0 spiro atoms. The van der Waals surface area contributed by atoms with Gasteiger partial charge in [-0.1, -0.05) is 29.8 Å². The van der Waals surface area contributed by atoms with E-state index in [0.717, 1.165) is 0 Å². The zero-order valence-electron chi connectivity index (χ0n) is 16.3. The summed E-state index contributed by atoms with van der Waals surface area (Å²) in [5, 5.41) is 15.5. The maximum absolute atomic E-state index is 12.7. The number of carbonyl (C=O) groups excluding carboxylic acids is 2. The summed E-state index contributed by atoms with van der Waals surface area (Å²) in [6, 6.07) is 10.3. The number of nitrogens with zero attached hydrogens (tertiary/aromatic N) is 2. The third kappa shape index (κ3) is 3.45. The van der Waals surface area contributed by atoms with Crippen LogP contribution in [0, 0.1) is 13.8 Å².